The van der Waals surface area contributed by atoms with Crippen molar-refractivity contribution in [3.05, 3.63) is 66.3 Å². The van der Waals surface area contributed by atoms with Crippen molar-refractivity contribution < 1.29 is 9.59 Å². The summed E-state index contributed by atoms with van der Waals surface area (Å²) >= 11 is 0. The molecule has 4 heterocycles. The molecule has 5 rings (SSSR count). The number of nitrogens with zero attached hydrogens (tertiary/aromatic N) is 6. The van der Waals surface area contributed by atoms with E-state index in [1.54, 1.807) is 42.3 Å². The Labute approximate surface area is 215 Å². The van der Waals surface area contributed by atoms with Gasteiger partial charge in [-0.05, 0) is 47.9 Å². The molecule has 0 aliphatic carbocycles. The first kappa shape index (κ1) is 24.2. The fraction of sp³-hybridized carbons (Fsp3) is 0.296. The van der Waals surface area contributed by atoms with Gasteiger partial charge in [0.2, 0.25) is 5.91 Å². The largest absolute Gasteiger partial charge is 0.387 e. The topological polar surface area (TPSA) is 112 Å². The normalized spacial score (nSPS) is 13.5. The molecule has 10 heteroatoms. The van der Waals surface area contributed by atoms with Crippen molar-refractivity contribution in [2.24, 2.45) is 0 Å². The fourth-order valence-corrected chi connectivity index (χ4v) is 4.58. The predicted octanol–water partition coefficient (Wildman–Crippen LogP) is 3.27. The molecule has 4 aromatic rings. The van der Waals surface area contributed by atoms with Crippen molar-refractivity contribution in [2.75, 3.05) is 39.5 Å². The number of aromatic nitrogens is 5. The van der Waals surface area contributed by atoms with Crippen LogP contribution in [0.2, 0.25) is 0 Å². The number of aromatic amines is 1. The number of hydrogen-bond acceptors (Lipinski definition) is 6. The maximum Gasteiger partial charge on any atom is 0.269 e. The van der Waals surface area contributed by atoms with Crippen molar-refractivity contribution in [1.82, 2.24) is 34.8 Å². The maximum absolute atomic E-state index is 12.9. The van der Waals surface area contributed by atoms with Crippen LogP contribution in [0.15, 0.2) is 55.0 Å². The summed E-state index contributed by atoms with van der Waals surface area (Å²) in [5.74, 6) is -0.00584. The van der Waals surface area contributed by atoms with E-state index in [-0.39, 0.29) is 11.8 Å². The van der Waals surface area contributed by atoms with E-state index in [0.717, 1.165) is 45.4 Å². The quantitative estimate of drug-likeness (QED) is 0.405. The number of carbonyl (C=O) groups is 2. The molecule has 0 radical (unpaired) electrons. The van der Waals surface area contributed by atoms with Crippen molar-refractivity contribution in [3.8, 4) is 11.3 Å². The van der Waals surface area contributed by atoms with Crippen molar-refractivity contribution >= 4 is 34.0 Å². The van der Waals surface area contributed by atoms with Gasteiger partial charge in [-0.15, -0.1) is 5.10 Å². The number of aryl methyl sites for hydroxylation is 1. The van der Waals surface area contributed by atoms with Crippen molar-refractivity contribution in [3.63, 3.8) is 0 Å². The van der Waals surface area contributed by atoms with Gasteiger partial charge in [0.15, 0.2) is 0 Å². The molecule has 37 heavy (non-hydrogen) atoms. The van der Waals surface area contributed by atoms with Gasteiger partial charge in [0.25, 0.3) is 5.91 Å². The van der Waals surface area contributed by atoms with E-state index in [2.05, 4.69) is 43.8 Å². The molecule has 190 valence electrons. The minimum absolute atomic E-state index is 0.0884. The van der Waals surface area contributed by atoms with E-state index >= 15 is 0 Å². The Kier molecular flexibility index (Phi) is 6.72. The summed E-state index contributed by atoms with van der Waals surface area (Å²) in [6.45, 7) is 1.72. The van der Waals surface area contributed by atoms with Crippen LogP contribution in [0.3, 0.4) is 0 Å². The third kappa shape index (κ3) is 5.09. The third-order valence-corrected chi connectivity index (χ3v) is 6.60. The van der Waals surface area contributed by atoms with Crippen LogP contribution >= 0.6 is 0 Å². The summed E-state index contributed by atoms with van der Waals surface area (Å²) in [7, 11) is 5.33. The van der Waals surface area contributed by atoms with Crippen LogP contribution in [-0.4, -0.2) is 80.8 Å². The van der Waals surface area contributed by atoms with Gasteiger partial charge in [-0.25, -0.2) is 0 Å². The average molecular weight is 499 g/mol. The first-order chi connectivity index (χ1) is 17.9. The standard InChI is InChI=1S/C27H30N8O2/c1-28-20-6-7-23(29-16-20)21-13-19(14-24-22(21)15-25(31-24)27(37)33(2)3)18-5-4-10-34(17-18)26(36)8-11-35-12-9-30-32-35/h5-7,9,12-16,28,31H,4,8,10-11,17H2,1-3H3. The summed E-state index contributed by atoms with van der Waals surface area (Å²) in [5.41, 5.74) is 6.11. The molecule has 0 saturated carbocycles. The molecule has 3 aromatic heterocycles. The predicted molar refractivity (Wildman–Crippen MR) is 143 cm³/mol. The lowest BCUT2D eigenvalue weighted by Crippen LogP contribution is -2.36. The van der Waals surface area contributed by atoms with Gasteiger partial charge in [-0.3, -0.25) is 19.3 Å². The highest BCUT2D eigenvalue weighted by atomic mass is 16.2. The minimum atomic E-state index is -0.0942. The molecule has 0 bridgehead atoms. The van der Waals surface area contributed by atoms with Crippen LogP contribution in [0.1, 0.15) is 28.9 Å². The molecule has 2 amide bonds. The Hall–Kier alpha value is -4.47. The molecule has 1 aliphatic heterocycles. The SMILES string of the molecule is CNc1ccc(-c2cc(C3=CCCN(C(=O)CCn4ccnn4)C3)cc3[nH]c(C(=O)N(C)C)cc23)nc1. The average Bonchev–Trinajstić information content (AvgIpc) is 3.61. The van der Waals surface area contributed by atoms with Crippen LogP contribution in [0.25, 0.3) is 27.7 Å². The molecule has 1 aromatic carbocycles. The number of H-pyrrole nitrogens is 1. The summed E-state index contributed by atoms with van der Waals surface area (Å²) in [6.07, 6.45) is 8.51. The van der Waals surface area contributed by atoms with Crippen LogP contribution in [0.4, 0.5) is 5.69 Å². The van der Waals surface area contributed by atoms with Gasteiger partial charge in [-0.2, -0.15) is 0 Å². The Morgan fingerprint density at radius 1 is 1.19 bits per heavy atom. The van der Waals surface area contributed by atoms with Crippen molar-refractivity contribution in [1.29, 1.82) is 0 Å². The monoisotopic (exact) mass is 498 g/mol. The molecular weight excluding hydrogens is 468 g/mol. The van der Waals surface area contributed by atoms with Gasteiger partial charge in [0.1, 0.15) is 5.69 Å². The van der Waals surface area contributed by atoms with Gasteiger partial charge in [0, 0.05) is 63.3 Å². The van der Waals surface area contributed by atoms with Gasteiger partial charge in [0.05, 0.1) is 30.3 Å². The Morgan fingerprint density at radius 2 is 2.05 bits per heavy atom. The number of hydrogen-bond donors (Lipinski definition) is 2. The number of fused-ring (bicyclic) bond motifs is 1. The number of nitrogens with one attached hydrogen (secondary N) is 2. The first-order valence-corrected chi connectivity index (χ1v) is 12.3. The van der Waals surface area contributed by atoms with Gasteiger partial charge >= 0.3 is 0 Å². The number of pyridine rings is 1. The molecule has 10 nitrogen and oxygen atoms in total. The molecular formula is C27H30N8O2. The minimum Gasteiger partial charge on any atom is -0.387 e. The molecule has 0 fully saturated rings. The molecule has 0 saturated heterocycles. The first-order valence-electron chi connectivity index (χ1n) is 12.3. The highest BCUT2D eigenvalue weighted by Crippen LogP contribution is 2.34. The summed E-state index contributed by atoms with van der Waals surface area (Å²) in [4.78, 5) is 37.1. The number of rotatable bonds is 7. The molecule has 0 spiro atoms. The second-order valence-electron chi connectivity index (χ2n) is 9.30. The molecule has 0 atom stereocenters. The third-order valence-electron chi connectivity index (χ3n) is 6.60. The van der Waals surface area contributed by atoms with Crippen molar-refractivity contribution in [2.45, 2.75) is 19.4 Å². The van der Waals surface area contributed by atoms with E-state index in [1.807, 2.05) is 30.1 Å². The maximum atomic E-state index is 12.9. The van der Waals surface area contributed by atoms with Crippen LogP contribution in [-0.2, 0) is 11.3 Å². The summed E-state index contributed by atoms with van der Waals surface area (Å²) in [6, 6.07) is 10.0. The number of anilines is 1. The number of amides is 2. The van der Waals surface area contributed by atoms with Gasteiger partial charge < -0.3 is 20.1 Å². The fourth-order valence-electron chi connectivity index (χ4n) is 4.58. The molecule has 0 unspecified atom stereocenters. The van der Waals surface area contributed by atoms with Gasteiger partial charge in [-0.1, -0.05) is 11.3 Å². The van der Waals surface area contributed by atoms with Crippen LogP contribution in [0.5, 0.6) is 0 Å². The lowest BCUT2D eigenvalue weighted by atomic mass is 9.95. The number of carbonyl (C=O) groups excluding carboxylic acids is 2. The summed E-state index contributed by atoms with van der Waals surface area (Å²) in [5, 5.41) is 11.8. The van der Waals surface area contributed by atoms with E-state index < -0.39 is 0 Å². The smallest absolute Gasteiger partial charge is 0.269 e. The molecule has 2 N–H and O–H groups in total. The summed E-state index contributed by atoms with van der Waals surface area (Å²) < 4.78 is 1.67. The molecule has 1 aliphatic rings. The Bertz CT molecular complexity index is 1450. The zero-order valence-electron chi connectivity index (χ0n) is 21.2. The van der Waals surface area contributed by atoms with E-state index in [9.17, 15) is 9.59 Å². The zero-order valence-corrected chi connectivity index (χ0v) is 21.2. The number of benzene rings is 1. The van der Waals surface area contributed by atoms with E-state index in [1.165, 1.54) is 0 Å². The second kappa shape index (κ2) is 10.3. The highest BCUT2D eigenvalue weighted by Gasteiger charge is 2.22. The zero-order chi connectivity index (χ0) is 25.9. The lowest BCUT2D eigenvalue weighted by Gasteiger charge is -2.28. The Balaban J connectivity index is 1.48. The van der Waals surface area contributed by atoms with E-state index in [4.69, 9.17) is 0 Å². The second-order valence-corrected chi connectivity index (χ2v) is 9.30. The highest BCUT2D eigenvalue weighted by molar-refractivity contribution is 6.03. The van der Waals surface area contributed by atoms with Crippen LogP contribution < -0.4 is 5.32 Å². The lowest BCUT2D eigenvalue weighted by molar-refractivity contribution is -0.131. The van der Waals surface area contributed by atoms with E-state index in [0.29, 0.717) is 31.7 Å². The Morgan fingerprint density at radius 3 is 2.76 bits per heavy atom. The van der Waals surface area contributed by atoms with Crippen LogP contribution in [0, 0.1) is 0 Å².